The Kier molecular flexibility index (Phi) is 3.69. The Balaban J connectivity index is 2.88. The quantitative estimate of drug-likeness (QED) is 0.680. The molecule has 0 aliphatic carbocycles. The Hall–Kier alpha value is -1.82. The molecule has 0 aromatic heterocycles. The van der Waals surface area contributed by atoms with Gasteiger partial charge in [0.1, 0.15) is 12.4 Å². The molecule has 0 aliphatic heterocycles. The monoisotopic (exact) mass is 192 g/mol. The first kappa shape index (κ1) is 10.3. The second kappa shape index (κ2) is 5.03. The van der Waals surface area contributed by atoms with Crippen LogP contribution in [-0.4, -0.2) is 20.8 Å². The summed E-state index contributed by atoms with van der Waals surface area (Å²) in [7, 11) is 3.16. The van der Waals surface area contributed by atoms with E-state index >= 15 is 0 Å². The fourth-order valence-corrected chi connectivity index (χ4v) is 1.01. The van der Waals surface area contributed by atoms with Gasteiger partial charge in [-0.1, -0.05) is 5.92 Å². The summed E-state index contributed by atoms with van der Waals surface area (Å²) in [6.45, 7) is 0.225. The van der Waals surface area contributed by atoms with Gasteiger partial charge in [0.2, 0.25) is 0 Å². The molecule has 0 saturated heterocycles. The molecule has 14 heavy (non-hydrogen) atoms. The molecule has 0 saturated carbocycles. The summed E-state index contributed by atoms with van der Waals surface area (Å²) in [4.78, 5) is 0. The Labute approximate surface area is 83.6 Å². The summed E-state index contributed by atoms with van der Waals surface area (Å²) in [5.74, 6) is 4.33. The van der Waals surface area contributed by atoms with Crippen molar-refractivity contribution in [2.24, 2.45) is 0 Å². The van der Waals surface area contributed by atoms with Crippen LogP contribution in [0.15, 0.2) is 18.2 Å². The Morgan fingerprint density at radius 3 is 2.57 bits per heavy atom. The average Bonchev–Trinajstić information content (AvgIpc) is 2.26. The summed E-state index contributed by atoms with van der Waals surface area (Å²) in [5.41, 5.74) is 0. The van der Waals surface area contributed by atoms with Crippen LogP contribution in [0.3, 0.4) is 0 Å². The fourth-order valence-electron chi connectivity index (χ4n) is 1.01. The van der Waals surface area contributed by atoms with Crippen LogP contribution in [0.4, 0.5) is 0 Å². The average molecular weight is 192 g/mol. The maximum absolute atomic E-state index is 5.26. The molecule has 1 aromatic carbocycles. The smallest absolute Gasteiger partial charge is 0.164 e. The molecule has 0 heterocycles. The van der Waals surface area contributed by atoms with Crippen LogP contribution in [-0.2, 0) is 0 Å². The third-order valence-electron chi connectivity index (χ3n) is 1.68. The van der Waals surface area contributed by atoms with Crippen molar-refractivity contribution < 1.29 is 14.2 Å². The highest BCUT2D eigenvalue weighted by Crippen LogP contribution is 2.30. The van der Waals surface area contributed by atoms with Crippen molar-refractivity contribution in [3.8, 4) is 29.6 Å². The molecule has 74 valence electrons. The third kappa shape index (κ3) is 2.33. The lowest BCUT2D eigenvalue weighted by atomic mass is 10.3. The normalized spacial score (nSPS) is 8.93. The third-order valence-corrected chi connectivity index (χ3v) is 1.68. The number of hydrogen-bond donors (Lipinski definition) is 0. The van der Waals surface area contributed by atoms with E-state index in [0.717, 1.165) is 5.75 Å². The van der Waals surface area contributed by atoms with Crippen LogP contribution in [0.2, 0.25) is 0 Å². The van der Waals surface area contributed by atoms with Gasteiger partial charge in [0.15, 0.2) is 11.5 Å². The van der Waals surface area contributed by atoms with E-state index in [9.17, 15) is 0 Å². The number of hydrogen-bond acceptors (Lipinski definition) is 3. The van der Waals surface area contributed by atoms with Gasteiger partial charge >= 0.3 is 0 Å². The fraction of sp³-hybridized carbons (Fsp3) is 0.273. The first-order valence-electron chi connectivity index (χ1n) is 4.10. The molecular weight excluding hydrogens is 180 g/mol. The lowest BCUT2D eigenvalue weighted by Gasteiger charge is -2.09. The van der Waals surface area contributed by atoms with Crippen molar-refractivity contribution in [1.29, 1.82) is 0 Å². The zero-order valence-electron chi connectivity index (χ0n) is 8.24. The maximum atomic E-state index is 5.26. The first-order chi connectivity index (χ1) is 6.81. The van der Waals surface area contributed by atoms with Crippen molar-refractivity contribution in [1.82, 2.24) is 0 Å². The minimum atomic E-state index is 0.225. The molecular formula is C11H12O3. The van der Waals surface area contributed by atoms with Crippen LogP contribution in [0.25, 0.3) is 0 Å². The van der Waals surface area contributed by atoms with E-state index in [1.165, 1.54) is 0 Å². The van der Waals surface area contributed by atoms with Crippen LogP contribution in [0.1, 0.15) is 0 Å². The van der Waals surface area contributed by atoms with Gasteiger partial charge in [-0.05, 0) is 12.1 Å². The topological polar surface area (TPSA) is 27.7 Å². The molecule has 3 nitrogen and oxygen atoms in total. The van der Waals surface area contributed by atoms with Crippen LogP contribution in [0, 0.1) is 12.3 Å². The molecule has 0 atom stereocenters. The molecule has 0 bridgehead atoms. The second-order valence-corrected chi connectivity index (χ2v) is 2.51. The molecule has 1 rings (SSSR count). The van der Waals surface area contributed by atoms with Crippen LogP contribution < -0.4 is 14.2 Å². The predicted octanol–water partition coefficient (Wildman–Crippen LogP) is 1.72. The van der Waals surface area contributed by atoms with Crippen LogP contribution in [0.5, 0.6) is 17.2 Å². The van der Waals surface area contributed by atoms with E-state index in [-0.39, 0.29) is 6.61 Å². The minimum absolute atomic E-state index is 0.225. The van der Waals surface area contributed by atoms with Gasteiger partial charge in [0.25, 0.3) is 0 Å². The van der Waals surface area contributed by atoms with Crippen molar-refractivity contribution >= 4 is 0 Å². The Bertz CT molecular complexity index is 339. The zero-order valence-corrected chi connectivity index (χ0v) is 8.24. The molecule has 3 heteroatoms. The van der Waals surface area contributed by atoms with E-state index in [1.54, 1.807) is 32.4 Å². The van der Waals surface area contributed by atoms with Gasteiger partial charge in [-0.15, -0.1) is 6.42 Å². The Morgan fingerprint density at radius 2 is 2.00 bits per heavy atom. The molecule has 0 aliphatic rings. The summed E-state index contributed by atoms with van der Waals surface area (Å²) in [6, 6.07) is 5.29. The molecule has 0 spiro atoms. The second-order valence-electron chi connectivity index (χ2n) is 2.51. The number of ether oxygens (including phenoxy) is 3. The highest BCUT2D eigenvalue weighted by atomic mass is 16.5. The first-order valence-corrected chi connectivity index (χ1v) is 4.10. The van der Waals surface area contributed by atoms with Gasteiger partial charge in [-0.3, -0.25) is 0 Å². The molecule has 0 unspecified atom stereocenters. The number of benzene rings is 1. The highest BCUT2D eigenvalue weighted by Gasteiger charge is 2.04. The van der Waals surface area contributed by atoms with Gasteiger partial charge in [0, 0.05) is 6.07 Å². The van der Waals surface area contributed by atoms with E-state index < -0.39 is 0 Å². The summed E-state index contributed by atoms with van der Waals surface area (Å²) >= 11 is 0. The van der Waals surface area contributed by atoms with Gasteiger partial charge in [-0.25, -0.2) is 0 Å². The van der Waals surface area contributed by atoms with Crippen molar-refractivity contribution in [3.63, 3.8) is 0 Å². The molecule has 0 radical (unpaired) electrons. The SMILES string of the molecule is C#CCOc1ccc(OC)cc1OC. The summed E-state index contributed by atoms with van der Waals surface area (Å²) < 4.78 is 15.4. The number of terminal acetylenes is 1. The van der Waals surface area contributed by atoms with Gasteiger partial charge < -0.3 is 14.2 Å². The van der Waals surface area contributed by atoms with Crippen molar-refractivity contribution in [3.05, 3.63) is 18.2 Å². The summed E-state index contributed by atoms with van der Waals surface area (Å²) in [6.07, 6.45) is 5.08. The highest BCUT2D eigenvalue weighted by molar-refractivity contribution is 5.45. The van der Waals surface area contributed by atoms with E-state index in [2.05, 4.69) is 5.92 Å². The lowest BCUT2D eigenvalue weighted by Crippen LogP contribution is -1.96. The van der Waals surface area contributed by atoms with E-state index in [1.807, 2.05) is 0 Å². The summed E-state index contributed by atoms with van der Waals surface area (Å²) in [5, 5.41) is 0. The zero-order chi connectivity index (χ0) is 10.4. The van der Waals surface area contributed by atoms with Crippen LogP contribution >= 0.6 is 0 Å². The molecule has 1 aromatic rings. The molecule has 0 N–H and O–H groups in total. The molecule has 0 amide bonds. The minimum Gasteiger partial charge on any atom is -0.497 e. The van der Waals surface area contributed by atoms with Crippen molar-refractivity contribution in [2.75, 3.05) is 20.8 Å². The van der Waals surface area contributed by atoms with E-state index in [0.29, 0.717) is 11.5 Å². The number of rotatable bonds is 4. The lowest BCUT2D eigenvalue weighted by molar-refractivity contribution is 0.327. The number of methoxy groups -OCH3 is 2. The Morgan fingerprint density at radius 1 is 1.21 bits per heavy atom. The van der Waals surface area contributed by atoms with Crippen molar-refractivity contribution in [2.45, 2.75) is 0 Å². The molecule has 0 fully saturated rings. The van der Waals surface area contributed by atoms with Gasteiger partial charge in [-0.2, -0.15) is 0 Å². The largest absolute Gasteiger partial charge is 0.497 e. The van der Waals surface area contributed by atoms with E-state index in [4.69, 9.17) is 20.6 Å². The predicted molar refractivity (Wildman–Crippen MR) is 53.9 cm³/mol. The standard InChI is InChI=1S/C11H12O3/c1-4-7-14-10-6-5-9(12-2)8-11(10)13-3/h1,5-6,8H,7H2,2-3H3. The maximum Gasteiger partial charge on any atom is 0.164 e. The van der Waals surface area contributed by atoms with Gasteiger partial charge in [0.05, 0.1) is 14.2 Å².